The molecule has 0 radical (unpaired) electrons. The summed E-state index contributed by atoms with van der Waals surface area (Å²) in [5.74, 6) is -0.321. The molecule has 0 spiro atoms. The molecular formula is C20H27ClFN3O3. The number of hydrogen-bond donors (Lipinski definition) is 1. The van der Waals surface area contributed by atoms with E-state index in [9.17, 15) is 14.0 Å². The van der Waals surface area contributed by atoms with E-state index >= 15 is 0 Å². The Morgan fingerprint density at radius 3 is 2.71 bits per heavy atom. The predicted molar refractivity (Wildman–Crippen MR) is 108 cm³/mol. The molecule has 1 atom stereocenters. The van der Waals surface area contributed by atoms with Crippen LogP contribution in [-0.4, -0.2) is 56.2 Å². The van der Waals surface area contributed by atoms with Gasteiger partial charge in [-0.1, -0.05) is 18.2 Å². The Balaban J connectivity index is 0.00000280. The quantitative estimate of drug-likeness (QED) is 0.577. The molecule has 1 unspecified atom stereocenters. The van der Waals surface area contributed by atoms with Crippen molar-refractivity contribution in [2.24, 2.45) is 5.92 Å². The summed E-state index contributed by atoms with van der Waals surface area (Å²) in [5, 5.41) is 3.34. The van der Waals surface area contributed by atoms with Crippen molar-refractivity contribution in [2.45, 2.75) is 25.3 Å². The van der Waals surface area contributed by atoms with Crippen molar-refractivity contribution in [2.75, 3.05) is 38.2 Å². The summed E-state index contributed by atoms with van der Waals surface area (Å²) in [6, 6.07) is 5.74. The maximum atomic E-state index is 14.2. The Kier molecular flexibility index (Phi) is 8.26. The van der Waals surface area contributed by atoms with Crippen LogP contribution in [0, 0.1) is 11.7 Å². The van der Waals surface area contributed by atoms with Crippen molar-refractivity contribution in [1.29, 1.82) is 0 Å². The van der Waals surface area contributed by atoms with Gasteiger partial charge in [0.1, 0.15) is 5.82 Å². The number of urea groups is 1. The first kappa shape index (κ1) is 22.2. The number of benzene rings is 1. The van der Waals surface area contributed by atoms with Gasteiger partial charge in [0.2, 0.25) is 0 Å². The van der Waals surface area contributed by atoms with Crippen LogP contribution in [0.15, 0.2) is 36.4 Å². The van der Waals surface area contributed by atoms with Gasteiger partial charge in [-0.2, -0.15) is 0 Å². The summed E-state index contributed by atoms with van der Waals surface area (Å²) in [6.45, 7) is 2.90. The maximum absolute atomic E-state index is 14.2. The van der Waals surface area contributed by atoms with Crippen LogP contribution in [0.25, 0.3) is 0 Å². The van der Waals surface area contributed by atoms with Gasteiger partial charge >= 0.3 is 12.0 Å². The monoisotopic (exact) mass is 411 g/mol. The zero-order valence-corrected chi connectivity index (χ0v) is 16.8. The number of piperidine rings is 1. The van der Waals surface area contributed by atoms with Gasteiger partial charge in [-0.15, -0.1) is 12.4 Å². The number of rotatable bonds is 6. The molecule has 0 bridgehead atoms. The highest BCUT2D eigenvalue weighted by Gasteiger charge is 2.37. The molecule has 2 amide bonds. The number of halogens is 2. The van der Waals surface area contributed by atoms with Crippen LogP contribution in [0.2, 0.25) is 0 Å². The van der Waals surface area contributed by atoms with E-state index in [4.69, 9.17) is 0 Å². The van der Waals surface area contributed by atoms with Gasteiger partial charge in [0, 0.05) is 12.6 Å². The van der Waals surface area contributed by atoms with E-state index in [0.29, 0.717) is 19.0 Å². The lowest BCUT2D eigenvalue weighted by Crippen LogP contribution is -2.37. The van der Waals surface area contributed by atoms with Gasteiger partial charge in [0.05, 0.1) is 25.4 Å². The smallest absolute Gasteiger partial charge is 0.330 e. The van der Waals surface area contributed by atoms with Crippen molar-refractivity contribution < 1.29 is 18.7 Å². The molecule has 0 aromatic heterocycles. The Morgan fingerprint density at radius 2 is 2.04 bits per heavy atom. The second-order valence-corrected chi connectivity index (χ2v) is 6.97. The molecule has 2 aliphatic rings. The van der Waals surface area contributed by atoms with Gasteiger partial charge in [0.25, 0.3) is 0 Å². The number of ether oxygens (including phenoxy) is 1. The molecule has 1 aromatic carbocycles. The van der Waals surface area contributed by atoms with Crippen molar-refractivity contribution >= 4 is 30.1 Å². The molecule has 154 valence electrons. The lowest BCUT2D eigenvalue weighted by Gasteiger charge is -2.27. The molecule has 3 rings (SSSR count). The summed E-state index contributed by atoms with van der Waals surface area (Å²) in [5.41, 5.74) is 0.267. The Labute approximate surface area is 171 Å². The minimum Gasteiger partial charge on any atom is -0.466 e. The summed E-state index contributed by atoms with van der Waals surface area (Å²) >= 11 is 0. The van der Waals surface area contributed by atoms with Gasteiger partial charge < -0.3 is 15.0 Å². The highest BCUT2D eigenvalue weighted by Crippen LogP contribution is 2.28. The minimum absolute atomic E-state index is 0. The van der Waals surface area contributed by atoms with E-state index in [-0.39, 0.29) is 30.2 Å². The van der Waals surface area contributed by atoms with Crippen LogP contribution in [0.1, 0.15) is 19.3 Å². The van der Waals surface area contributed by atoms with E-state index in [0.717, 1.165) is 32.4 Å². The summed E-state index contributed by atoms with van der Waals surface area (Å²) in [7, 11) is 1.31. The summed E-state index contributed by atoms with van der Waals surface area (Å²) in [6.07, 6.45) is 6.11. The third kappa shape index (κ3) is 5.23. The van der Waals surface area contributed by atoms with Crippen LogP contribution in [0.5, 0.6) is 0 Å². The number of nitrogens with zero attached hydrogens (tertiary/aromatic N) is 2. The number of nitrogens with one attached hydrogen (secondary N) is 1. The topological polar surface area (TPSA) is 61.9 Å². The number of amides is 2. The number of carbonyl (C=O) groups excluding carboxylic acids is 2. The first-order valence-electron chi connectivity index (χ1n) is 9.39. The molecule has 1 aromatic rings. The molecule has 2 heterocycles. The molecule has 0 saturated carbocycles. The lowest BCUT2D eigenvalue weighted by molar-refractivity contribution is -0.134. The molecule has 28 heavy (non-hydrogen) atoms. The Hall–Kier alpha value is -2.12. The Bertz CT molecular complexity index is 710. The van der Waals surface area contributed by atoms with Crippen molar-refractivity contribution in [3.8, 4) is 0 Å². The number of hydrogen-bond acceptors (Lipinski definition) is 4. The molecular weight excluding hydrogens is 385 g/mol. The van der Waals surface area contributed by atoms with Gasteiger partial charge in [-0.25, -0.2) is 14.0 Å². The predicted octanol–water partition coefficient (Wildman–Crippen LogP) is 2.98. The number of esters is 1. The molecule has 2 fully saturated rings. The lowest BCUT2D eigenvalue weighted by atomic mass is 9.94. The van der Waals surface area contributed by atoms with Crippen LogP contribution < -0.4 is 10.2 Å². The fourth-order valence-electron chi connectivity index (χ4n) is 3.71. The van der Waals surface area contributed by atoms with Gasteiger partial charge in [-0.05, 0) is 50.4 Å². The summed E-state index contributed by atoms with van der Waals surface area (Å²) in [4.78, 5) is 27.6. The van der Waals surface area contributed by atoms with Crippen molar-refractivity contribution in [3.63, 3.8) is 0 Å². The fourth-order valence-corrected chi connectivity index (χ4v) is 3.71. The minimum atomic E-state index is -0.468. The number of anilines is 1. The number of methoxy groups -OCH3 is 1. The molecule has 2 saturated heterocycles. The van der Waals surface area contributed by atoms with Gasteiger partial charge in [0.15, 0.2) is 0 Å². The fraction of sp³-hybridized carbons (Fsp3) is 0.500. The average molecular weight is 412 g/mol. The maximum Gasteiger partial charge on any atom is 0.330 e. The SMILES string of the molecule is COC(=O)C=CC1CN(c2ccccc2F)C(=O)N1CCC1CCNCC1.Cl. The van der Waals surface area contributed by atoms with Crippen molar-refractivity contribution in [1.82, 2.24) is 10.2 Å². The number of carbonyl (C=O) groups is 2. The molecule has 2 aliphatic heterocycles. The summed E-state index contributed by atoms with van der Waals surface area (Å²) < 4.78 is 18.9. The highest BCUT2D eigenvalue weighted by atomic mass is 35.5. The van der Waals surface area contributed by atoms with Crippen LogP contribution in [0.3, 0.4) is 0 Å². The second kappa shape index (κ2) is 10.4. The first-order chi connectivity index (χ1) is 13.1. The number of para-hydroxylation sites is 1. The molecule has 0 aliphatic carbocycles. The first-order valence-corrected chi connectivity index (χ1v) is 9.39. The van der Waals surface area contributed by atoms with Crippen LogP contribution >= 0.6 is 12.4 Å². The van der Waals surface area contributed by atoms with Crippen LogP contribution in [0.4, 0.5) is 14.9 Å². The third-order valence-corrected chi connectivity index (χ3v) is 5.28. The van der Waals surface area contributed by atoms with E-state index in [1.165, 1.54) is 24.2 Å². The average Bonchev–Trinajstić information content (AvgIpc) is 3.01. The van der Waals surface area contributed by atoms with Crippen molar-refractivity contribution in [3.05, 3.63) is 42.2 Å². The molecule has 8 heteroatoms. The normalized spacial score (nSPS) is 20.5. The Morgan fingerprint density at radius 1 is 1.32 bits per heavy atom. The van der Waals surface area contributed by atoms with E-state index < -0.39 is 11.8 Å². The molecule has 1 N–H and O–H groups in total. The van der Waals surface area contributed by atoms with Gasteiger partial charge in [-0.3, -0.25) is 4.90 Å². The van der Waals surface area contributed by atoms with E-state index in [1.807, 2.05) is 0 Å². The zero-order chi connectivity index (χ0) is 19.2. The highest BCUT2D eigenvalue weighted by molar-refractivity contribution is 5.95. The third-order valence-electron chi connectivity index (χ3n) is 5.28. The molecule has 6 nitrogen and oxygen atoms in total. The second-order valence-electron chi connectivity index (χ2n) is 6.97. The largest absolute Gasteiger partial charge is 0.466 e. The zero-order valence-electron chi connectivity index (χ0n) is 16.0. The van der Waals surface area contributed by atoms with E-state index in [2.05, 4.69) is 10.1 Å². The standard InChI is InChI=1S/C20H26FN3O3.ClH/c1-27-19(25)7-6-16-14-24(18-5-3-2-4-17(18)21)20(26)23(16)13-10-15-8-11-22-12-9-15;/h2-7,15-16,22H,8-14H2,1H3;1H. The van der Waals surface area contributed by atoms with E-state index in [1.54, 1.807) is 29.2 Å². The van der Waals surface area contributed by atoms with Crippen LogP contribution in [-0.2, 0) is 9.53 Å².